The lowest BCUT2D eigenvalue weighted by Crippen LogP contribution is -2.30. The molecule has 1 aliphatic heterocycles. The number of fused-ring (bicyclic) bond motifs is 1. The van der Waals surface area contributed by atoms with Crippen LogP contribution in [0.2, 0.25) is 0 Å². The third kappa shape index (κ3) is 1.50. The van der Waals surface area contributed by atoms with Gasteiger partial charge in [-0.05, 0) is 25.0 Å². The van der Waals surface area contributed by atoms with Crippen LogP contribution < -0.4 is 4.90 Å². The van der Waals surface area contributed by atoms with E-state index in [1.165, 1.54) is 4.90 Å². The average Bonchev–Trinajstić information content (AvgIpc) is 2.64. The molecule has 0 unspecified atom stereocenters. The summed E-state index contributed by atoms with van der Waals surface area (Å²) in [5.41, 5.74) is 0.692. The first kappa shape index (κ1) is 10.3. The number of hydrogen-bond donors (Lipinski definition) is 0. The van der Waals surface area contributed by atoms with E-state index in [2.05, 4.69) is 0 Å². The van der Waals surface area contributed by atoms with Crippen molar-refractivity contribution in [3.8, 4) is 0 Å². The number of rotatable bonds is 1. The molecule has 3 heteroatoms. The van der Waals surface area contributed by atoms with Gasteiger partial charge in [-0.15, -0.1) is 0 Å². The van der Waals surface area contributed by atoms with Crippen LogP contribution in [0.3, 0.4) is 0 Å². The average molecular weight is 227 g/mol. The summed E-state index contributed by atoms with van der Waals surface area (Å²) < 4.78 is 0. The molecule has 1 heterocycles. The van der Waals surface area contributed by atoms with Crippen LogP contribution in [-0.2, 0) is 9.59 Å². The second kappa shape index (κ2) is 3.84. The topological polar surface area (TPSA) is 37.4 Å². The Hall–Kier alpha value is -1.90. The summed E-state index contributed by atoms with van der Waals surface area (Å²) >= 11 is 0. The smallest absolute Gasteiger partial charge is 0.238 e. The highest BCUT2D eigenvalue weighted by atomic mass is 16.2. The van der Waals surface area contributed by atoms with Crippen LogP contribution in [0.4, 0.5) is 5.69 Å². The quantitative estimate of drug-likeness (QED) is 0.544. The molecule has 1 aromatic rings. The van der Waals surface area contributed by atoms with Crippen molar-refractivity contribution in [3.63, 3.8) is 0 Å². The lowest BCUT2D eigenvalue weighted by atomic mass is 9.85. The maximum Gasteiger partial charge on any atom is 0.238 e. The van der Waals surface area contributed by atoms with Crippen molar-refractivity contribution in [2.24, 2.45) is 11.8 Å². The Morgan fingerprint density at radius 3 is 1.94 bits per heavy atom. The number of amides is 2. The van der Waals surface area contributed by atoms with Gasteiger partial charge in [-0.25, -0.2) is 0 Å². The molecule has 2 aliphatic rings. The summed E-state index contributed by atoms with van der Waals surface area (Å²) in [6, 6.07) is 9.18. The van der Waals surface area contributed by atoms with E-state index in [9.17, 15) is 9.59 Å². The Bertz CT molecular complexity index is 466. The van der Waals surface area contributed by atoms with Crippen molar-refractivity contribution < 1.29 is 9.59 Å². The van der Waals surface area contributed by atoms with E-state index >= 15 is 0 Å². The highest BCUT2D eigenvalue weighted by Gasteiger charge is 2.47. The highest BCUT2D eigenvalue weighted by Crippen LogP contribution is 2.37. The molecule has 0 saturated carbocycles. The van der Waals surface area contributed by atoms with Gasteiger partial charge in [0.15, 0.2) is 0 Å². The number of allylic oxidation sites excluding steroid dienone is 2. The maximum atomic E-state index is 12.2. The first-order chi connectivity index (χ1) is 8.29. The zero-order chi connectivity index (χ0) is 11.8. The lowest BCUT2D eigenvalue weighted by molar-refractivity contribution is -0.122. The molecule has 0 spiro atoms. The van der Waals surface area contributed by atoms with Gasteiger partial charge in [0.2, 0.25) is 11.8 Å². The molecule has 17 heavy (non-hydrogen) atoms. The minimum Gasteiger partial charge on any atom is -0.274 e. The highest BCUT2D eigenvalue weighted by molar-refractivity contribution is 6.22. The molecule has 1 saturated heterocycles. The molecular weight excluding hydrogens is 214 g/mol. The molecule has 0 radical (unpaired) electrons. The van der Waals surface area contributed by atoms with Gasteiger partial charge < -0.3 is 0 Å². The number of benzene rings is 1. The summed E-state index contributed by atoms with van der Waals surface area (Å²) in [6.45, 7) is 0. The third-order valence-corrected chi connectivity index (χ3v) is 3.52. The van der Waals surface area contributed by atoms with E-state index < -0.39 is 0 Å². The molecule has 3 rings (SSSR count). The van der Waals surface area contributed by atoms with E-state index in [0.29, 0.717) is 18.5 Å². The van der Waals surface area contributed by atoms with E-state index in [-0.39, 0.29) is 23.7 Å². The van der Waals surface area contributed by atoms with Crippen molar-refractivity contribution in [1.82, 2.24) is 0 Å². The molecule has 2 atom stereocenters. The second-order valence-corrected chi connectivity index (χ2v) is 4.50. The van der Waals surface area contributed by atoms with Gasteiger partial charge in [-0.1, -0.05) is 30.4 Å². The fraction of sp³-hybridized carbons (Fsp3) is 0.286. The minimum absolute atomic E-state index is 0.0458. The van der Waals surface area contributed by atoms with Gasteiger partial charge in [-0.2, -0.15) is 0 Å². The van der Waals surface area contributed by atoms with E-state index in [1.54, 1.807) is 12.1 Å². The number of nitrogens with zero attached hydrogens (tertiary/aromatic N) is 1. The molecule has 0 bridgehead atoms. The molecule has 0 aromatic heterocycles. The molecule has 3 nitrogen and oxygen atoms in total. The van der Waals surface area contributed by atoms with Gasteiger partial charge in [-0.3, -0.25) is 14.5 Å². The van der Waals surface area contributed by atoms with Crippen molar-refractivity contribution in [1.29, 1.82) is 0 Å². The van der Waals surface area contributed by atoms with Crippen LogP contribution in [0, 0.1) is 11.8 Å². The standard InChI is InChI=1S/C14H13NO2/c16-13-11-8-4-5-9-12(11)14(17)15(13)10-6-2-1-3-7-10/h1-7,11-12H,8-9H2/t11-,12+. The molecule has 1 aliphatic carbocycles. The van der Waals surface area contributed by atoms with Crippen LogP contribution >= 0.6 is 0 Å². The number of carbonyl (C=O) groups excluding carboxylic acids is 2. The summed E-state index contributed by atoms with van der Waals surface area (Å²) in [7, 11) is 0. The number of para-hydroxylation sites is 1. The van der Waals surface area contributed by atoms with Crippen LogP contribution in [-0.4, -0.2) is 11.8 Å². The van der Waals surface area contributed by atoms with Gasteiger partial charge in [0, 0.05) is 0 Å². The van der Waals surface area contributed by atoms with Crippen LogP contribution in [0.5, 0.6) is 0 Å². The predicted molar refractivity (Wildman–Crippen MR) is 64.3 cm³/mol. The Morgan fingerprint density at radius 2 is 1.41 bits per heavy atom. The van der Waals surface area contributed by atoms with Gasteiger partial charge in [0.25, 0.3) is 0 Å². The molecule has 1 aromatic carbocycles. The minimum atomic E-state index is -0.146. The molecular formula is C14H13NO2. The Labute approximate surface area is 99.7 Å². The zero-order valence-electron chi connectivity index (χ0n) is 9.37. The largest absolute Gasteiger partial charge is 0.274 e. The van der Waals surface area contributed by atoms with Crippen LogP contribution in [0.15, 0.2) is 42.5 Å². The molecule has 2 amide bonds. The number of imide groups is 1. The third-order valence-electron chi connectivity index (χ3n) is 3.52. The Balaban J connectivity index is 1.98. The van der Waals surface area contributed by atoms with Crippen LogP contribution in [0.1, 0.15) is 12.8 Å². The fourth-order valence-corrected chi connectivity index (χ4v) is 2.63. The number of carbonyl (C=O) groups is 2. The summed E-state index contributed by atoms with van der Waals surface area (Å²) in [6.07, 6.45) is 5.39. The first-order valence-electron chi connectivity index (χ1n) is 5.87. The zero-order valence-corrected chi connectivity index (χ0v) is 9.37. The fourth-order valence-electron chi connectivity index (χ4n) is 2.63. The summed E-state index contributed by atoms with van der Waals surface area (Å²) in [5.74, 6) is -0.383. The van der Waals surface area contributed by atoms with Gasteiger partial charge in [0.05, 0.1) is 17.5 Å². The number of anilines is 1. The van der Waals surface area contributed by atoms with Crippen molar-refractivity contribution in [2.45, 2.75) is 12.8 Å². The Morgan fingerprint density at radius 1 is 0.882 bits per heavy atom. The normalized spacial score (nSPS) is 27.4. The maximum absolute atomic E-state index is 12.2. The molecule has 1 fully saturated rings. The first-order valence-corrected chi connectivity index (χ1v) is 5.87. The molecule has 0 N–H and O–H groups in total. The number of hydrogen-bond acceptors (Lipinski definition) is 2. The van der Waals surface area contributed by atoms with Crippen molar-refractivity contribution in [3.05, 3.63) is 42.5 Å². The van der Waals surface area contributed by atoms with E-state index in [4.69, 9.17) is 0 Å². The van der Waals surface area contributed by atoms with Crippen LogP contribution in [0.25, 0.3) is 0 Å². The van der Waals surface area contributed by atoms with Gasteiger partial charge >= 0.3 is 0 Å². The second-order valence-electron chi connectivity index (χ2n) is 4.50. The Kier molecular flexibility index (Phi) is 2.32. The molecule has 86 valence electrons. The summed E-state index contributed by atoms with van der Waals surface area (Å²) in [4.78, 5) is 25.8. The van der Waals surface area contributed by atoms with E-state index in [0.717, 1.165) is 0 Å². The summed E-state index contributed by atoms with van der Waals surface area (Å²) in [5, 5.41) is 0. The van der Waals surface area contributed by atoms with Gasteiger partial charge in [0.1, 0.15) is 0 Å². The van der Waals surface area contributed by atoms with E-state index in [1.807, 2.05) is 30.4 Å². The van der Waals surface area contributed by atoms with Crippen molar-refractivity contribution in [2.75, 3.05) is 4.90 Å². The monoisotopic (exact) mass is 227 g/mol. The predicted octanol–water partition coefficient (Wildman–Crippen LogP) is 2.14. The SMILES string of the molecule is O=C1[C@H]2CC=CC[C@H]2C(=O)N1c1ccccc1. The lowest BCUT2D eigenvalue weighted by Gasteiger charge is -2.14. The van der Waals surface area contributed by atoms with Crippen molar-refractivity contribution >= 4 is 17.5 Å².